The summed E-state index contributed by atoms with van der Waals surface area (Å²) in [5.41, 5.74) is 4.95. The first-order chi connectivity index (χ1) is 9.27. The van der Waals surface area contributed by atoms with E-state index < -0.39 is 0 Å². The van der Waals surface area contributed by atoms with E-state index in [-0.39, 0.29) is 0 Å². The summed E-state index contributed by atoms with van der Waals surface area (Å²) in [5.74, 6) is 0. The van der Waals surface area contributed by atoms with E-state index in [4.69, 9.17) is 0 Å². The van der Waals surface area contributed by atoms with Gasteiger partial charge in [0.15, 0.2) is 0 Å². The summed E-state index contributed by atoms with van der Waals surface area (Å²) in [6.07, 6.45) is 3.91. The van der Waals surface area contributed by atoms with Crippen LogP contribution >= 0.6 is 0 Å². The number of fused-ring (bicyclic) bond motifs is 6. The molecular formula is C17H14N2. The van der Waals surface area contributed by atoms with Gasteiger partial charge in [0, 0.05) is 23.2 Å². The third kappa shape index (κ3) is 1.28. The Morgan fingerprint density at radius 3 is 2.58 bits per heavy atom. The van der Waals surface area contributed by atoms with Gasteiger partial charge in [-0.25, -0.2) is 4.98 Å². The normalized spacial score (nSPS) is 11.7. The molecular weight excluding hydrogens is 232 g/mol. The lowest BCUT2D eigenvalue weighted by atomic mass is 9.99. The Balaban J connectivity index is 2.47. The van der Waals surface area contributed by atoms with Crippen LogP contribution in [0.25, 0.3) is 27.3 Å². The molecule has 19 heavy (non-hydrogen) atoms. The Bertz CT molecular complexity index is 932. The molecule has 0 saturated carbocycles. The zero-order valence-electron chi connectivity index (χ0n) is 11.0. The number of rotatable bonds is 0. The highest BCUT2D eigenvalue weighted by atomic mass is 15.0. The first kappa shape index (κ1) is 10.6. The van der Waals surface area contributed by atoms with Crippen molar-refractivity contribution >= 4 is 27.3 Å². The van der Waals surface area contributed by atoms with Crippen molar-refractivity contribution in [1.29, 1.82) is 0 Å². The summed E-state index contributed by atoms with van der Waals surface area (Å²) in [6, 6.07) is 12.9. The van der Waals surface area contributed by atoms with E-state index in [1.165, 1.54) is 32.8 Å². The van der Waals surface area contributed by atoms with Crippen LogP contribution < -0.4 is 0 Å². The van der Waals surface area contributed by atoms with Gasteiger partial charge in [0.25, 0.3) is 0 Å². The topological polar surface area (TPSA) is 17.3 Å². The predicted molar refractivity (Wildman–Crippen MR) is 79.7 cm³/mol. The SMILES string of the molecule is Cc1ccc2c(c1C)c1ccccc1c1nccn21. The minimum absolute atomic E-state index is 1.03. The second-order valence-electron chi connectivity index (χ2n) is 5.07. The molecule has 0 radical (unpaired) electrons. The number of aryl methyl sites for hydroxylation is 2. The number of hydrogen-bond donors (Lipinski definition) is 0. The van der Waals surface area contributed by atoms with E-state index in [0.717, 1.165) is 5.65 Å². The first-order valence-corrected chi connectivity index (χ1v) is 6.51. The fourth-order valence-electron chi connectivity index (χ4n) is 2.94. The molecule has 2 aromatic carbocycles. The van der Waals surface area contributed by atoms with E-state index in [1.807, 2.05) is 12.4 Å². The van der Waals surface area contributed by atoms with E-state index >= 15 is 0 Å². The minimum atomic E-state index is 1.03. The molecule has 0 N–H and O–H groups in total. The van der Waals surface area contributed by atoms with E-state index in [9.17, 15) is 0 Å². The second-order valence-corrected chi connectivity index (χ2v) is 5.07. The van der Waals surface area contributed by atoms with E-state index in [0.29, 0.717) is 0 Å². The van der Waals surface area contributed by atoms with Crippen molar-refractivity contribution in [2.24, 2.45) is 0 Å². The number of nitrogens with zero attached hydrogens (tertiary/aromatic N) is 2. The molecule has 2 heterocycles. The summed E-state index contributed by atoms with van der Waals surface area (Å²) in [5, 5.41) is 3.84. The third-order valence-corrected chi connectivity index (χ3v) is 4.05. The highest BCUT2D eigenvalue weighted by Gasteiger charge is 2.11. The lowest BCUT2D eigenvalue weighted by Crippen LogP contribution is -1.93. The van der Waals surface area contributed by atoms with Crippen LogP contribution in [-0.4, -0.2) is 9.38 Å². The molecule has 0 atom stereocenters. The highest BCUT2D eigenvalue weighted by molar-refractivity contribution is 6.13. The maximum Gasteiger partial charge on any atom is 0.145 e. The molecule has 92 valence electrons. The molecule has 0 unspecified atom stereocenters. The Morgan fingerprint density at radius 2 is 1.74 bits per heavy atom. The van der Waals surface area contributed by atoms with Crippen LogP contribution in [0.15, 0.2) is 48.8 Å². The number of hydrogen-bond acceptors (Lipinski definition) is 1. The lowest BCUT2D eigenvalue weighted by molar-refractivity contribution is 1.26. The van der Waals surface area contributed by atoms with Gasteiger partial charge in [-0.05, 0) is 36.4 Å². The number of pyridine rings is 1. The van der Waals surface area contributed by atoms with E-state index in [1.54, 1.807) is 0 Å². The van der Waals surface area contributed by atoms with Crippen molar-refractivity contribution in [2.45, 2.75) is 13.8 Å². The van der Waals surface area contributed by atoms with Crippen molar-refractivity contribution in [3.63, 3.8) is 0 Å². The van der Waals surface area contributed by atoms with Crippen LogP contribution in [0.2, 0.25) is 0 Å². The van der Waals surface area contributed by atoms with Gasteiger partial charge in [0.05, 0.1) is 5.52 Å². The Labute approximate surface area is 111 Å². The molecule has 0 bridgehead atoms. The lowest BCUT2D eigenvalue weighted by Gasteiger charge is -2.12. The van der Waals surface area contributed by atoms with Crippen LogP contribution in [0.3, 0.4) is 0 Å². The molecule has 2 nitrogen and oxygen atoms in total. The quantitative estimate of drug-likeness (QED) is 0.424. The van der Waals surface area contributed by atoms with Crippen LogP contribution in [0.5, 0.6) is 0 Å². The maximum atomic E-state index is 4.51. The van der Waals surface area contributed by atoms with Gasteiger partial charge in [-0.2, -0.15) is 0 Å². The zero-order chi connectivity index (χ0) is 13.0. The summed E-state index contributed by atoms with van der Waals surface area (Å²) in [7, 11) is 0. The molecule has 2 aromatic heterocycles. The maximum absolute atomic E-state index is 4.51. The van der Waals surface area contributed by atoms with Gasteiger partial charge < -0.3 is 0 Å². The molecule has 0 amide bonds. The molecule has 0 aliphatic carbocycles. The Hall–Kier alpha value is -2.35. The third-order valence-electron chi connectivity index (χ3n) is 4.05. The van der Waals surface area contributed by atoms with Gasteiger partial charge in [0.1, 0.15) is 5.65 Å². The molecule has 4 aromatic rings. The van der Waals surface area contributed by atoms with Crippen molar-refractivity contribution < 1.29 is 0 Å². The summed E-state index contributed by atoms with van der Waals surface area (Å²) >= 11 is 0. The van der Waals surface area contributed by atoms with Crippen LogP contribution in [0, 0.1) is 13.8 Å². The summed E-state index contributed by atoms with van der Waals surface area (Å²) in [4.78, 5) is 4.51. The van der Waals surface area contributed by atoms with Crippen LogP contribution in [0.1, 0.15) is 11.1 Å². The Morgan fingerprint density at radius 1 is 0.947 bits per heavy atom. The average molecular weight is 246 g/mol. The summed E-state index contributed by atoms with van der Waals surface area (Å²) in [6.45, 7) is 4.37. The van der Waals surface area contributed by atoms with Crippen LogP contribution in [-0.2, 0) is 0 Å². The first-order valence-electron chi connectivity index (χ1n) is 6.51. The second kappa shape index (κ2) is 3.58. The standard InChI is InChI=1S/C17H14N2/c1-11-7-8-15-16(12(11)2)13-5-3-4-6-14(13)17-18-9-10-19(15)17/h3-10H,1-2H3. The molecule has 0 aliphatic rings. The largest absolute Gasteiger partial charge is 0.299 e. The zero-order valence-corrected chi connectivity index (χ0v) is 11.0. The number of imidazole rings is 1. The van der Waals surface area contributed by atoms with Crippen molar-refractivity contribution in [1.82, 2.24) is 9.38 Å². The molecule has 0 spiro atoms. The number of aromatic nitrogens is 2. The fourth-order valence-corrected chi connectivity index (χ4v) is 2.94. The molecule has 4 rings (SSSR count). The van der Waals surface area contributed by atoms with E-state index in [2.05, 4.69) is 59.6 Å². The Kier molecular flexibility index (Phi) is 1.99. The van der Waals surface area contributed by atoms with Crippen molar-refractivity contribution in [3.05, 3.63) is 59.9 Å². The van der Waals surface area contributed by atoms with Crippen LogP contribution in [0.4, 0.5) is 0 Å². The average Bonchev–Trinajstić information content (AvgIpc) is 2.92. The minimum Gasteiger partial charge on any atom is -0.299 e. The number of benzene rings is 2. The van der Waals surface area contributed by atoms with Gasteiger partial charge in [-0.3, -0.25) is 4.40 Å². The summed E-state index contributed by atoms with van der Waals surface area (Å²) < 4.78 is 2.18. The predicted octanol–water partition coefficient (Wildman–Crippen LogP) is 4.26. The van der Waals surface area contributed by atoms with Crippen molar-refractivity contribution in [2.75, 3.05) is 0 Å². The highest BCUT2D eigenvalue weighted by Crippen LogP contribution is 2.31. The smallest absolute Gasteiger partial charge is 0.145 e. The molecule has 0 fully saturated rings. The monoisotopic (exact) mass is 246 g/mol. The molecule has 0 saturated heterocycles. The molecule has 0 aliphatic heterocycles. The van der Waals surface area contributed by atoms with Gasteiger partial charge in [-0.1, -0.05) is 30.3 Å². The van der Waals surface area contributed by atoms with Gasteiger partial charge in [0.2, 0.25) is 0 Å². The van der Waals surface area contributed by atoms with Gasteiger partial charge >= 0.3 is 0 Å². The molecule has 2 heteroatoms. The van der Waals surface area contributed by atoms with Gasteiger partial charge in [-0.15, -0.1) is 0 Å². The fraction of sp³-hybridized carbons (Fsp3) is 0.118. The van der Waals surface area contributed by atoms with Crippen molar-refractivity contribution in [3.8, 4) is 0 Å².